The monoisotopic (exact) mass is 344 g/mol. The highest BCUT2D eigenvalue weighted by atomic mass is 32.1. The number of carbonyl (C=O) groups is 1. The third kappa shape index (κ3) is 3.11. The summed E-state index contributed by atoms with van der Waals surface area (Å²) < 4.78 is 11.7. The number of aromatic nitrogens is 1. The number of hydrogen-bond donors (Lipinski definition) is 2. The molecule has 2 aromatic heterocycles. The Labute approximate surface area is 142 Å². The van der Waals surface area contributed by atoms with Gasteiger partial charge in [0.2, 0.25) is 0 Å². The molecule has 24 heavy (non-hydrogen) atoms. The summed E-state index contributed by atoms with van der Waals surface area (Å²) in [5.74, 6) is -0.194. The van der Waals surface area contributed by atoms with Crippen molar-refractivity contribution >= 4 is 33.2 Å². The van der Waals surface area contributed by atoms with Crippen LogP contribution in [0.3, 0.4) is 0 Å². The van der Waals surface area contributed by atoms with Crippen LogP contribution in [-0.4, -0.2) is 30.3 Å². The molecule has 2 heterocycles. The first-order chi connectivity index (χ1) is 11.6. The summed E-state index contributed by atoms with van der Waals surface area (Å²) in [5, 5.41) is 14.4. The van der Waals surface area contributed by atoms with E-state index in [2.05, 4.69) is 16.4 Å². The van der Waals surface area contributed by atoms with Gasteiger partial charge < -0.3 is 19.9 Å². The second-order valence-corrected chi connectivity index (χ2v) is 6.01. The van der Waals surface area contributed by atoms with Crippen LogP contribution in [0, 0.1) is 0 Å². The highest BCUT2D eigenvalue weighted by Gasteiger charge is 2.15. The zero-order valence-corrected chi connectivity index (χ0v) is 14.0. The number of benzene rings is 1. The lowest BCUT2D eigenvalue weighted by atomic mass is 10.1. The average molecular weight is 344 g/mol. The van der Waals surface area contributed by atoms with Crippen LogP contribution < -0.4 is 14.8 Å². The number of nitrogens with one attached hydrogen (secondary N) is 1. The summed E-state index contributed by atoms with van der Waals surface area (Å²) in [6.07, 6.45) is 1.80. The Hall–Kier alpha value is -2.80. The molecule has 124 valence electrons. The zero-order valence-electron chi connectivity index (χ0n) is 13.2. The third-order valence-electron chi connectivity index (χ3n) is 3.57. The number of rotatable bonds is 6. The van der Waals surface area contributed by atoms with Gasteiger partial charge in [-0.2, -0.15) is 0 Å². The lowest BCUT2D eigenvalue weighted by Crippen LogP contribution is -2.06. The summed E-state index contributed by atoms with van der Waals surface area (Å²) >= 11 is 1.63. The van der Waals surface area contributed by atoms with Crippen molar-refractivity contribution in [1.82, 2.24) is 4.98 Å². The molecule has 3 aromatic rings. The van der Waals surface area contributed by atoms with Crippen LogP contribution in [0.2, 0.25) is 0 Å². The zero-order chi connectivity index (χ0) is 17.1. The topological polar surface area (TPSA) is 80.7 Å². The third-order valence-corrected chi connectivity index (χ3v) is 4.42. The first-order valence-electron chi connectivity index (χ1n) is 7.17. The molecule has 0 aliphatic carbocycles. The van der Waals surface area contributed by atoms with E-state index in [0.717, 1.165) is 15.8 Å². The fraction of sp³-hybridized carbons (Fsp3) is 0.176. The molecule has 0 spiro atoms. The molecule has 0 aliphatic rings. The number of pyridine rings is 1. The number of carboxylic acids is 1. The van der Waals surface area contributed by atoms with E-state index in [9.17, 15) is 9.90 Å². The Morgan fingerprint density at radius 1 is 1.29 bits per heavy atom. The van der Waals surface area contributed by atoms with Crippen LogP contribution in [0.4, 0.5) is 5.69 Å². The van der Waals surface area contributed by atoms with Crippen molar-refractivity contribution in [1.29, 1.82) is 0 Å². The number of carboxylic acid groups (broad SMARTS) is 1. The van der Waals surface area contributed by atoms with Gasteiger partial charge in [0, 0.05) is 12.7 Å². The molecular weight excluding hydrogens is 328 g/mol. The molecule has 0 atom stereocenters. The van der Waals surface area contributed by atoms with Crippen LogP contribution in [0.1, 0.15) is 15.9 Å². The minimum atomic E-state index is -1.03. The molecule has 0 radical (unpaired) electrons. The molecule has 7 heteroatoms. The summed E-state index contributed by atoms with van der Waals surface area (Å²) in [4.78, 5) is 15.7. The number of methoxy groups -OCH3 is 2. The predicted molar refractivity (Wildman–Crippen MR) is 93.5 cm³/mol. The standard InChI is InChI=1S/C17H16N2O4S/c1-22-14-7-11(17(20)21)6-13(16(14)23-2)19-9-10-5-15-12(18-8-10)3-4-24-15/h3-8,19H,9H2,1-2H3,(H,20,21). The van der Waals surface area contributed by atoms with E-state index in [1.54, 1.807) is 17.5 Å². The van der Waals surface area contributed by atoms with E-state index < -0.39 is 5.97 Å². The molecule has 0 saturated heterocycles. The van der Waals surface area contributed by atoms with Crippen molar-refractivity contribution in [2.45, 2.75) is 6.54 Å². The maximum absolute atomic E-state index is 11.3. The molecule has 2 N–H and O–H groups in total. The van der Waals surface area contributed by atoms with Gasteiger partial charge in [-0.05, 0) is 35.2 Å². The van der Waals surface area contributed by atoms with Gasteiger partial charge in [-0.15, -0.1) is 11.3 Å². The normalized spacial score (nSPS) is 10.6. The minimum Gasteiger partial charge on any atom is -0.493 e. The molecule has 3 rings (SSSR count). The molecule has 0 fully saturated rings. The van der Waals surface area contributed by atoms with E-state index >= 15 is 0 Å². The van der Waals surface area contributed by atoms with Gasteiger partial charge in [0.1, 0.15) is 0 Å². The van der Waals surface area contributed by atoms with Gasteiger partial charge in [-0.1, -0.05) is 0 Å². The molecule has 0 bridgehead atoms. The van der Waals surface area contributed by atoms with E-state index in [1.165, 1.54) is 26.4 Å². The van der Waals surface area contributed by atoms with E-state index in [1.807, 2.05) is 11.4 Å². The quantitative estimate of drug-likeness (QED) is 0.711. The molecule has 0 aliphatic heterocycles. The van der Waals surface area contributed by atoms with Crippen LogP contribution >= 0.6 is 11.3 Å². The Bertz CT molecular complexity index is 891. The summed E-state index contributed by atoms with van der Waals surface area (Å²) in [6, 6.07) is 7.00. The Kier molecular flexibility index (Phi) is 4.52. The molecular formula is C17H16N2O4S. The van der Waals surface area contributed by atoms with Gasteiger partial charge in [0.15, 0.2) is 11.5 Å². The number of hydrogen-bond acceptors (Lipinski definition) is 6. The van der Waals surface area contributed by atoms with Gasteiger partial charge in [0.25, 0.3) is 0 Å². The van der Waals surface area contributed by atoms with Crippen molar-refractivity contribution in [3.05, 3.63) is 47.0 Å². The highest BCUT2D eigenvalue weighted by Crippen LogP contribution is 2.37. The maximum atomic E-state index is 11.3. The van der Waals surface area contributed by atoms with Crippen LogP contribution in [-0.2, 0) is 6.54 Å². The van der Waals surface area contributed by atoms with E-state index in [-0.39, 0.29) is 5.56 Å². The number of thiophene rings is 1. The molecule has 0 saturated carbocycles. The Balaban J connectivity index is 1.89. The predicted octanol–water partition coefficient (Wildman–Crippen LogP) is 3.62. The average Bonchev–Trinajstić information content (AvgIpc) is 3.06. The molecule has 0 unspecified atom stereocenters. The SMILES string of the molecule is COc1cc(C(=O)O)cc(NCc2cnc3ccsc3c2)c1OC. The van der Waals surface area contributed by atoms with Gasteiger partial charge in [-0.3, -0.25) is 4.98 Å². The van der Waals surface area contributed by atoms with Gasteiger partial charge in [0.05, 0.1) is 35.7 Å². The number of fused-ring (bicyclic) bond motifs is 1. The van der Waals surface area contributed by atoms with Crippen molar-refractivity contribution in [3.8, 4) is 11.5 Å². The van der Waals surface area contributed by atoms with Crippen LogP contribution in [0.15, 0.2) is 35.8 Å². The molecule has 6 nitrogen and oxygen atoms in total. The Morgan fingerprint density at radius 2 is 2.12 bits per heavy atom. The van der Waals surface area contributed by atoms with Crippen LogP contribution in [0.25, 0.3) is 10.2 Å². The largest absolute Gasteiger partial charge is 0.493 e. The van der Waals surface area contributed by atoms with Gasteiger partial charge in [-0.25, -0.2) is 4.79 Å². The van der Waals surface area contributed by atoms with Gasteiger partial charge >= 0.3 is 5.97 Å². The van der Waals surface area contributed by atoms with E-state index in [0.29, 0.717) is 23.7 Å². The van der Waals surface area contributed by atoms with Crippen molar-refractivity contribution < 1.29 is 19.4 Å². The second-order valence-electron chi connectivity index (χ2n) is 5.07. The number of anilines is 1. The number of aromatic carboxylic acids is 1. The lowest BCUT2D eigenvalue weighted by molar-refractivity contribution is 0.0696. The van der Waals surface area contributed by atoms with Crippen LogP contribution in [0.5, 0.6) is 11.5 Å². The fourth-order valence-corrected chi connectivity index (χ4v) is 3.20. The number of ether oxygens (including phenoxy) is 2. The Morgan fingerprint density at radius 3 is 2.83 bits per heavy atom. The highest BCUT2D eigenvalue weighted by molar-refractivity contribution is 7.17. The fourth-order valence-electron chi connectivity index (χ4n) is 2.40. The van der Waals surface area contributed by atoms with Crippen molar-refractivity contribution in [3.63, 3.8) is 0 Å². The lowest BCUT2D eigenvalue weighted by Gasteiger charge is -2.15. The first-order valence-corrected chi connectivity index (χ1v) is 8.05. The molecule has 0 amide bonds. The smallest absolute Gasteiger partial charge is 0.335 e. The minimum absolute atomic E-state index is 0.127. The summed E-state index contributed by atoms with van der Waals surface area (Å²) in [7, 11) is 2.99. The first kappa shape index (κ1) is 16.1. The van der Waals surface area contributed by atoms with Crippen molar-refractivity contribution in [2.75, 3.05) is 19.5 Å². The number of nitrogens with zero attached hydrogens (tertiary/aromatic N) is 1. The second kappa shape index (κ2) is 6.76. The molecule has 1 aromatic carbocycles. The van der Waals surface area contributed by atoms with E-state index in [4.69, 9.17) is 9.47 Å². The maximum Gasteiger partial charge on any atom is 0.335 e. The van der Waals surface area contributed by atoms with Crippen molar-refractivity contribution in [2.24, 2.45) is 0 Å². The summed E-state index contributed by atoms with van der Waals surface area (Å²) in [6.45, 7) is 0.490. The summed E-state index contributed by atoms with van der Waals surface area (Å²) in [5.41, 5.74) is 2.64.